The van der Waals surface area contributed by atoms with E-state index < -0.39 is 0 Å². The molecule has 0 saturated heterocycles. The molecule has 0 atom stereocenters. The summed E-state index contributed by atoms with van der Waals surface area (Å²) in [5, 5.41) is 0.777. The van der Waals surface area contributed by atoms with E-state index in [4.69, 9.17) is 16.3 Å². The van der Waals surface area contributed by atoms with Gasteiger partial charge in [0.15, 0.2) is 5.16 Å². The van der Waals surface area contributed by atoms with Crippen LogP contribution in [0, 0.1) is 5.92 Å². The Bertz CT molecular complexity index is 309. The van der Waals surface area contributed by atoms with Crippen LogP contribution in [-0.4, -0.2) is 27.8 Å². The first-order chi connectivity index (χ1) is 6.61. The summed E-state index contributed by atoms with van der Waals surface area (Å²) < 4.78 is 4.88. The van der Waals surface area contributed by atoms with Gasteiger partial charge in [-0.05, 0) is 17.5 Å². The third kappa shape index (κ3) is 3.67. The van der Waals surface area contributed by atoms with Crippen molar-refractivity contribution < 1.29 is 4.74 Å². The molecule has 0 saturated carbocycles. The van der Waals surface area contributed by atoms with Gasteiger partial charge in [0.2, 0.25) is 5.28 Å². The van der Waals surface area contributed by atoms with E-state index in [2.05, 4.69) is 28.8 Å². The van der Waals surface area contributed by atoms with E-state index in [1.165, 1.54) is 7.11 Å². The van der Waals surface area contributed by atoms with Crippen molar-refractivity contribution in [1.29, 1.82) is 0 Å². The van der Waals surface area contributed by atoms with Gasteiger partial charge in [-0.1, -0.05) is 25.6 Å². The summed E-state index contributed by atoms with van der Waals surface area (Å²) in [6, 6.07) is 0.260. The van der Waals surface area contributed by atoms with Crippen molar-refractivity contribution in [3.05, 3.63) is 5.28 Å². The molecule has 14 heavy (non-hydrogen) atoms. The molecule has 0 bridgehead atoms. The fourth-order valence-electron chi connectivity index (χ4n) is 0.712. The van der Waals surface area contributed by atoms with E-state index in [1.807, 2.05) is 0 Å². The molecule has 4 nitrogen and oxygen atoms in total. The van der Waals surface area contributed by atoms with E-state index in [9.17, 15) is 0 Å². The Morgan fingerprint density at radius 1 is 1.36 bits per heavy atom. The predicted octanol–water partition coefficient (Wildman–Crippen LogP) is 2.28. The Morgan fingerprint density at radius 2 is 2.07 bits per heavy atom. The molecule has 0 aliphatic rings. The van der Waals surface area contributed by atoms with Crippen LogP contribution in [0.4, 0.5) is 0 Å². The summed E-state index contributed by atoms with van der Waals surface area (Å²) in [5.41, 5.74) is 0. The molecular formula is C8H12ClN3OS. The van der Waals surface area contributed by atoms with Gasteiger partial charge in [0.1, 0.15) is 0 Å². The highest BCUT2D eigenvalue weighted by atomic mass is 35.5. The van der Waals surface area contributed by atoms with E-state index in [1.54, 1.807) is 11.8 Å². The first-order valence-corrected chi connectivity index (χ1v) is 5.56. The van der Waals surface area contributed by atoms with Crippen molar-refractivity contribution >= 4 is 23.4 Å². The van der Waals surface area contributed by atoms with Gasteiger partial charge in [-0.25, -0.2) is 0 Å². The molecule has 0 N–H and O–H groups in total. The number of ether oxygens (including phenoxy) is 1. The first kappa shape index (κ1) is 11.5. The quantitative estimate of drug-likeness (QED) is 0.747. The molecule has 0 aliphatic carbocycles. The zero-order chi connectivity index (χ0) is 10.6. The molecular weight excluding hydrogens is 222 g/mol. The van der Waals surface area contributed by atoms with Crippen LogP contribution in [0.15, 0.2) is 5.16 Å². The summed E-state index contributed by atoms with van der Waals surface area (Å²) in [7, 11) is 1.50. The molecule has 6 heteroatoms. The molecule has 0 fully saturated rings. The monoisotopic (exact) mass is 233 g/mol. The van der Waals surface area contributed by atoms with Crippen molar-refractivity contribution in [1.82, 2.24) is 15.0 Å². The number of nitrogens with zero attached hydrogens (tertiary/aromatic N) is 3. The SMILES string of the molecule is COc1nc(Cl)nc(SCC(C)C)n1. The number of methoxy groups -OCH3 is 1. The van der Waals surface area contributed by atoms with E-state index in [0.29, 0.717) is 11.1 Å². The molecule has 1 aromatic rings. The number of rotatable bonds is 4. The molecule has 0 spiro atoms. The van der Waals surface area contributed by atoms with Crippen molar-refractivity contribution in [2.45, 2.75) is 19.0 Å². The maximum absolute atomic E-state index is 5.69. The second kappa shape index (κ2) is 5.36. The number of halogens is 1. The molecule has 78 valence electrons. The molecule has 0 unspecified atom stereocenters. The van der Waals surface area contributed by atoms with Crippen molar-refractivity contribution in [3.63, 3.8) is 0 Å². The lowest BCUT2D eigenvalue weighted by atomic mass is 10.3. The lowest BCUT2D eigenvalue weighted by molar-refractivity contribution is 0.373. The number of hydrogen-bond donors (Lipinski definition) is 0. The highest BCUT2D eigenvalue weighted by Crippen LogP contribution is 2.19. The van der Waals surface area contributed by atoms with Gasteiger partial charge in [-0.2, -0.15) is 15.0 Å². The minimum absolute atomic E-state index is 0.170. The van der Waals surface area contributed by atoms with E-state index in [-0.39, 0.29) is 11.3 Å². The Kier molecular flexibility index (Phi) is 4.41. The van der Waals surface area contributed by atoms with E-state index >= 15 is 0 Å². The van der Waals surface area contributed by atoms with Crippen molar-refractivity contribution in [2.24, 2.45) is 5.92 Å². The van der Waals surface area contributed by atoms with E-state index in [0.717, 1.165) is 5.75 Å². The van der Waals surface area contributed by atoms with Crippen LogP contribution in [0.2, 0.25) is 5.28 Å². The maximum Gasteiger partial charge on any atom is 0.321 e. The second-order valence-corrected chi connectivity index (χ2v) is 4.40. The fraction of sp³-hybridized carbons (Fsp3) is 0.625. The minimum Gasteiger partial charge on any atom is -0.467 e. The Hall–Kier alpha value is -0.550. The highest BCUT2D eigenvalue weighted by molar-refractivity contribution is 7.99. The normalized spacial score (nSPS) is 10.6. The number of hydrogen-bond acceptors (Lipinski definition) is 5. The lowest BCUT2D eigenvalue weighted by Crippen LogP contribution is -1.99. The Labute approximate surface area is 92.5 Å². The molecule has 0 amide bonds. The van der Waals surface area contributed by atoms with Gasteiger partial charge in [0, 0.05) is 5.75 Å². The average Bonchev–Trinajstić information content (AvgIpc) is 2.14. The van der Waals surface area contributed by atoms with Crippen LogP contribution < -0.4 is 4.74 Å². The highest BCUT2D eigenvalue weighted by Gasteiger charge is 2.06. The molecule has 1 heterocycles. The van der Waals surface area contributed by atoms with Crippen LogP contribution in [0.25, 0.3) is 0 Å². The molecule has 1 rings (SSSR count). The Balaban J connectivity index is 2.71. The zero-order valence-corrected chi connectivity index (χ0v) is 9.89. The fourth-order valence-corrected chi connectivity index (χ4v) is 1.69. The minimum atomic E-state index is 0.170. The summed E-state index contributed by atoms with van der Waals surface area (Å²) in [6.45, 7) is 4.26. The van der Waals surface area contributed by atoms with Crippen LogP contribution in [0.3, 0.4) is 0 Å². The van der Waals surface area contributed by atoms with Crippen LogP contribution >= 0.6 is 23.4 Å². The molecule has 0 aromatic carbocycles. The smallest absolute Gasteiger partial charge is 0.321 e. The van der Waals surface area contributed by atoms with Gasteiger partial charge in [-0.3, -0.25) is 0 Å². The lowest BCUT2D eigenvalue weighted by Gasteiger charge is -2.04. The Morgan fingerprint density at radius 3 is 2.64 bits per heavy atom. The molecule has 0 radical (unpaired) electrons. The third-order valence-corrected chi connectivity index (χ3v) is 2.74. The zero-order valence-electron chi connectivity index (χ0n) is 8.32. The third-order valence-electron chi connectivity index (χ3n) is 1.30. The summed E-state index contributed by atoms with van der Waals surface area (Å²) in [6.07, 6.45) is 0. The van der Waals surface area contributed by atoms with Gasteiger partial charge in [0.25, 0.3) is 0 Å². The average molecular weight is 234 g/mol. The van der Waals surface area contributed by atoms with Crippen LogP contribution in [0.5, 0.6) is 6.01 Å². The largest absolute Gasteiger partial charge is 0.467 e. The standard InChI is InChI=1S/C8H12ClN3OS/c1-5(2)4-14-8-11-6(9)10-7(12-8)13-3/h5H,4H2,1-3H3. The molecule has 1 aromatic heterocycles. The van der Waals surface area contributed by atoms with Crippen LogP contribution in [-0.2, 0) is 0 Å². The second-order valence-electron chi connectivity index (χ2n) is 3.08. The molecule has 0 aliphatic heterocycles. The summed E-state index contributed by atoms with van der Waals surface area (Å²) in [4.78, 5) is 11.8. The first-order valence-electron chi connectivity index (χ1n) is 4.20. The number of aromatic nitrogens is 3. The number of thioether (sulfide) groups is 1. The van der Waals surface area contributed by atoms with Gasteiger partial charge in [-0.15, -0.1) is 0 Å². The van der Waals surface area contributed by atoms with Gasteiger partial charge < -0.3 is 4.74 Å². The van der Waals surface area contributed by atoms with Gasteiger partial charge in [0.05, 0.1) is 7.11 Å². The summed E-state index contributed by atoms with van der Waals surface area (Å²) >= 11 is 7.23. The topological polar surface area (TPSA) is 47.9 Å². The van der Waals surface area contributed by atoms with Crippen molar-refractivity contribution in [2.75, 3.05) is 12.9 Å². The van der Waals surface area contributed by atoms with Crippen molar-refractivity contribution in [3.8, 4) is 6.01 Å². The summed E-state index contributed by atoms with van der Waals surface area (Å²) in [5.74, 6) is 1.53. The van der Waals surface area contributed by atoms with Gasteiger partial charge >= 0.3 is 6.01 Å². The predicted molar refractivity (Wildman–Crippen MR) is 57.0 cm³/mol. The van der Waals surface area contributed by atoms with Crippen LogP contribution in [0.1, 0.15) is 13.8 Å². The maximum atomic E-state index is 5.69.